The molecule has 100 valence electrons. The van der Waals surface area contributed by atoms with Gasteiger partial charge in [0, 0.05) is 17.6 Å². The van der Waals surface area contributed by atoms with Gasteiger partial charge >= 0.3 is 0 Å². The molecule has 0 spiro atoms. The third-order valence-corrected chi connectivity index (χ3v) is 3.31. The van der Waals surface area contributed by atoms with E-state index >= 15 is 0 Å². The lowest BCUT2D eigenvalue weighted by molar-refractivity contribution is 0.0941. The van der Waals surface area contributed by atoms with Gasteiger partial charge in [0.2, 0.25) is 0 Å². The molecule has 0 saturated heterocycles. The van der Waals surface area contributed by atoms with E-state index in [0.717, 1.165) is 18.4 Å². The van der Waals surface area contributed by atoms with Crippen molar-refractivity contribution in [1.29, 1.82) is 0 Å². The highest BCUT2D eigenvalue weighted by molar-refractivity contribution is 5.94. The zero-order valence-corrected chi connectivity index (χ0v) is 11.2. The zero-order chi connectivity index (χ0) is 13.8. The minimum Gasteiger partial charge on any atom is -0.350 e. The maximum atomic E-state index is 13.2. The van der Waals surface area contributed by atoms with Crippen LogP contribution in [0.25, 0.3) is 0 Å². The fraction of sp³-hybridized carbons (Fsp3) is 0.500. The van der Waals surface area contributed by atoms with Crippen LogP contribution in [0.5, 0.6) is 0 Å². The van der Waals surface area contributed by atoms with Crippen molar-refractivity contribution in [3.8, 4) is 0 Å². The standard InChI is InChI=1S/C14H21FN2O/c1-4-14(16,5-2)9-17-13(18)11-6-10(3)7-12(15)8-11/h6-8H,4-5,9,16H2,1-3H3,(H,17,18). The normalized spacial score (nSPS) is 11.4. The summed E-state index contributed by atoms with van der Waals surface area (Å²) >= 11 is 0. The molecule has 18 heavy (non-hydrogen) atoms. The van der Waals surface area contributed by atoms with Crippen LogP contribution in [0.2, 0.25) is 0 Å². The fourth-order valence-electron chi connectivity index (χ4n) is 1.73. The van der Waals surface area contributed by atoms with Gasteiger partial charge in [0.05, 0.1) is 0 Å². The number of aryl methyl sites for hydroxylation is 1. The average molecular weight is 252 g/mol. The highest BCUT2D eigenvalue weighted by Gasteiger charge is 2.21. The van der Waals surface area contributed by atoms with Gasteiger partial charge in [-0.2, -0.15) is 0 Å². The Morgan fingerprint density at radius 3 is 2.44 bits per heavy atom. The number of nitrogens with one attached hydrogen (secondary N) is 1. The first-order valence-corrected chi connectivity index (χ1v) is 6.24. The van der Waals surface area contributed by atoms with E-state index in [2.05, 4.69) is 5.32 Å². The second-order valence-electron chi connectivity index (χ2n) is 4.77. The summed E-state index contributed by atoms with van der Waals surface area (Å²) in [5.74, 6) is -0.681. The molecule has 3 N–H and O–H groups in total. The van der Waals surface area contributed by atoms with E-state index in [-0.39, 0.29) is 5.91 Å². The molecule has 0 aliphatic heterocycles. The Hall–Kier alpha value is -1.42. The molecule has 1 aromatic rings. The Bertz CT molecular complexity index is 408. The molecule has 0 saturated carbocycles. The monoisotopic (exact) mass is 252 g/mol. The summed E-state index contributed by atoms with van der Waals surface area (Å²) in [6.45, 7) is 6.13. The first-order chi connectivity index (χ1) is 8.40. The van der Waals surface area contributed by atoms with Crippen LogP contribution in [0.15, 0.2) is 18.2 Å². The molecule has 0 unspecified atom stereocenters. The molecule has 0 radical (unpaired) electrons. The van der Waals surface area contributed by atoms with Gasteiger partial charge in [-0.25, -0.2) is 4.39 Å². The molecule has 0 fully saturated rings. The Labute approximate surface area is 108 Å². The van der Waals surface area contributed by atoms with E-state index in [4.69, 9.17) is 5.73 Å². The number of benzene rings is 1. The number of hydrogen-bond donors (Lipinski definition) is 2. The summed E-state index contributed by atoms with van der Waals surface area (Å²) in [5, 5.41) is 2.77. The highest BCUT2D eigenvalue weighted by atomic mass is 19.1. The van der Waals surface area contributed by atoms with Gasteiger partial charge in [0.25, 0.3) is 5.91 Å². The second-order valence-corrected chi connectivity index (χ2v) is 4.77. The maximum Gasteiger partial charge on any atom is 0.251 e. The summed E-state index contributed by atoms with van der Waals surface area (Å²) < 4.78 is 13.2. The molecule has 0 aliphatic carbocycles. The van der Waals surface area contributed by atoms with Crippen molar-refractivity contribution < 1.29 is 9.18 Å². The average Bonchev–Trinajstić information content (AvgIpc) is 2.34. The van der Waals surface area contributed by atoms with Crippen LogP contribution < -0.4 is 11.1 Å². The topological polar surface area (TPSA) is 55.1 Å². The summed E-state index contributed by atoms with van der Waals surface area (Å²) in [7, 11) is 0. The SMILES string of the molecule is CCC(N)(CC)CNC(=O)c1cc(C)cc(F)c1. The Morgan fingerprint density at radius 2 is 1.94 bits per heavy atom. The van der Waals surface area contributed by atoms with E-state index in [9.17, 15) is 9.18 Å². The molecule has 1 rings (SSSR count). The number of amides is 1. The molecule has 3 nitrogen and oxygen atoms in total. The van der Waals surface area contributed by atoms with Crippen molar-refractivity contribution in [3.63, 3.8) is 0 Å². The molecule has 0 bridgehead atoms. The summed E-state index contributed by atoms with van der Waals surface area (Å²) in [4.78, 5) is 11.9. The Morgan fingerprint density at radius 1 is 1.33 bits per heavy atom. The molecule has 0 aromatic heterocycles. The lowest BCUT2D eigenvalue weighted by atomic mass is 9.94. The number of hydrogen-bond acceptors (Lipinski definition) is 2. The quantitative estimate of drug-likeness (QED) is 0.845. The molecular weight excluding hydrogens is 231 g/mol. The van der Waals surface area contributed by atoms with Gasteiger partial charge in [-0.3, -0.25) is 4.79 Å². The van der Waals surface area contributed by atoms with Gasteiger partial charge in [-0.05, 0) is 43.5 Å². The number of rotatable bonds is 5. The summed E-state index contributed by atoms with van der Waals surface area (Å²) in [6, 6.07) is 4.29. The second kappa shape index (κ2) is 5.96. The van der Waals surface area contributed by atoms with Crippen molar-refractivity contribution in [3.05, 3.63) is 35.1 Å². The van der Waals surface area contributed by atoms with Gasteiger partial charge < -0.3 is 11.1 Å². The number of nitrogens with two attached hydrogens (primary N) is 1. The third-order valence-electron chi connectivity index (χ3n) is 3.31. The van der Waals surface area contributed by atoms with Gasteiger partial charge in [0.15, 0.2) is 0 Å². The molecule has 1 amide bonds. The number of carbonyl (C=O) groups excluding carboxylic acids is 1. The molecule has 4 heteroatoms. The van der Waals surface area contributed by atoms with Crippen LogP contribution in [0, 0.1) is 12.7 Å². The summed E-state index contributed by atoms with van der Waals surface area (Å²) in [6.07, 6.45) is 1.57. The van der Waals surface area contributed by atoms with Crippen molar-refractivity contribution in [2.24, 2.45) is 5.73 Å². The van der Waals surface area contributed by atoms with Crippen LogP contribution in [0.1, 0.15) is 42.6 Å². The lowest BCUT2D eigenvalue weighted by Crippen LogP contribution is -2.49. The van der Waals surface area contributed by atoms with E-state index in [0.29, 0.717) is 12.1 Å². The zero-order valence-electron chi connectivity index (χ0n) is 11.2. The Kier molecular flexibility index (Phi) is 4.84. The molecule has 0 atom stereocenters. The first kappa shape index (κ1) is 14.6. The van der Waals surface area contributed by atoms with Crippen molar-refractivity contribution in [2.75, 3.05) is 6.54 Å². The van der Waals surface area contributed by atoms with Crippen LogP contribution in [0.3, 0.4) is 0 Å². The predicted molar refractivity (Wildman–Crippen MR) is 71.0 cm³/mol. The molecule has 0 aliphatic rings. The highest BCUT2D eigenvalue weighted by Crippen LogP contribution is 2.11. The van der Waals surface area contributed by atoms with Gasteiger partial charge in [-0.15, -0.1) is 0 Å². The first-order valence-electron chi connectivity index (χ1n) is 6.24. The summed E-state index contributed by atoms with van der Waals surface area (Å²) in [5.41, 5.74) is 6.77. The lowest BCUT2D eigenvalue weighted by Gasteiger charge is -2.26. The van der Waals surface area contributed by atoms with Crippen LogP contribution in [0.4, 0.5) is 4.39 Å². The van der Waals surface area contributed by atoms with E-state index < -0.39 is 11.4 Å². The molecular formula is C14H21FN2O. The minimum absolute atomic E-state index is 0.283. The predicted octanol–water partition coefficient (Wildman–Crippen LogP) is 2.38. The maximum absolute atomic E-state index is 13.2. The smallest absolute Gasteiger partial charge is 0.251 e. The van der Waals surface area contributed by atoms with Crippen molar-refractivity contribution in [1.82, 2.24) is 5.32 Å². The van der Waals surface area contributed by atoms with Crippen molar-refractivity contribution in [2.45, 2.75) is 39.2 Å². The Balaban J connectivity index is 2.71. The van der Waals surface area contributed by atoms with E-state index in [1.165, 1.54) is 12.1 Å². The largest absolute Gasteiger partial charge is 0.350 e. The van der Waals surface area contributed by atoms with E-state index in [1.54, 1.807) is 13.0 Å². The van der Waals surface area contributed by atoms with Gasteiger partial charge in [-0.1, -0.05) is 13.8 Å². The fourth-order valence-corrected chi connectivity index (χ4v) is 1.73. The van der Waals surface area contributed by atoms with Crippen LogP contribution in [-0.2, 0) is 0 Å². The van der Waals surface area contributed by atoms with E-state index in [1.807, 2.05) is 13.8 Å². The minimum atomic E-state index is -0.398. The molecule has 1 aromatic carbocycles. The number of carbonyl (C=O) groups is 1. The number of halogens is 1. The van der Waals surface area contributed by atoms with Crippen LogP contribution >= 0.6 is 0 Å². The van der Waals surface area contributed by atoms with Crippen LogP contribution in [-0.4, -0.2) is 18.0 Å². The van der Waals surface area contributed by atoms with Crippen molar-refractivity contribution >= 4 is 5.91 Å². The third kappa shape index (κ3) is 3.81. The molecule has 0 heterocycles. The van der Waals surface area contributed by atoms with Gasteiger partial charge in [0.1, 0.15) is 5.82 Å².